The average molecular weight is 335 g/mol. The van der Waals surface area contributed by atoms with Crippen LogP contribution in [-0.4, -0.2) is 42.1 Å². The van der Waals surface area contributed by atoms with E-state index >= 15 is 0 Å². The molecule has 3 rings (SSSR count). The van der Waals surface area contributed by atoms with E-state index in [2.05, 4.69) is 15.2 Å². The number of pyridine rings is 1. The molecule has 0 bridgehead atoms. The normalized spacial score (nSPS) is 14.7. The Morgan fingerprint density at radius 1 is 1.22 bits per heavy atom. The first-order valence-electron chi connectivity index (χ1n) is 7.29. The van der Waals surface area contributed by atoms with Gasteiger partial charge in [-0.25, -0.2) is 9.18 Å². The number of carbonyl (C=O) groups excluding carboxylic acids is 1. The average Bonchev–Trinajstić information content (AvgIpc) is 2.57. The van der Waals surface area contributed by atoms with E-state index in [9.17, 15) is 9.18 Å². The molecule has 0 radical (unpaired) electrons. The fourth-order valence-electron chi connectivity index (χ4n) is 2.51. The summed E-state index contributed by atoms with van der Waals surface area (Å²) >= 11 is 6.01. The summed E-state index contributed by atoms with van der Waals surface area (Å²) in [6, 6.07) is 8.77. The number of hydrogen-bond donors (Lipinski definition) is 1. The Balaban J connectivity index is 1.58. The van der Waals surface area contributed by atoms with Crippen LogP contribution in [0.4, 0.5) is 20.6 Å². The molecule has 1 aliphatic heterocycles. The summed E-state index contributed by atoms with van der Waals surface area (Å²) in [7, 11) is 0. The van der Waals surface area contributed by atoms with Gasteiger partial charge in [0.2, 0.25) is 0 Å². The lowest BCUT2D eigenvalue weighted by atomic mass is 10.2. The number of anilines is 2. The number of piperazine rings is 1. The number of nitrogens with one attached hydrogen (secondary N) is 1. The lowest BCUT2D eigenvalue weighted by molar-refractivity contribution is 0.208. The molecular formula is C16H16ClFN4O. The molecule has 2 heterocycles. The predicted octanol–water partition coefficient (Wildman–Crippen LogP) is 3.23. The Morgan fingerprint density at radius 3 is 2.70 bits per heavy atom. The summed E-state index contributed by atoms with van der Waals surface area (Å²) in [5.74, 6) is -0.543. The molecule has 120 valence electrons. The molecule has 0 atom stereocenters. The minimum Gasteiger partial charge on any atom is -0.368 e. The van der Waals surface area contributed by atoms with Crippen LogP contribution in [0.2, 0.25) is 5.02 Å². The monoisotopic (exact) mass is 334 g/mol. The number of aromatic nitrogens is 1. The number of nitrogens with zero attached hydrogens (tertiary/aromatic N) is 3. The van der Waals surface area contributed by atoms with E-state index in [0.717, 1.165) is 11.9 Å². The van der Waals surface area contributed by atoms with Gasteiger partial charge in [-0.05, 0) is 24.3 Å². The molecule has 1 N–H and O–H groups in total. The van der Waals surface area contributed by atoms with E-state index in [1.54, 1.807) is 4.90 Å². The lowest BCUT2D eigenvalue weighted by Gasteiger charge is -2.36. The fraction of sp³-hybridized carbons (Fsp3) is 0.250. The maximum Gasteiger partial charge on any atom is 0.322 e. The molecule has 1 fully saturated rings. The van der Waals surface area contributed by atoms with E-state index < -0.39 is 5.82 Å². The highest BCUT2D eigenvalue weighted by Crippen LogP contribution is 2.21. The predicted molar refractivity (Wildman–Crippen MR) is 88.5 cm³/mol. The van der Waals surface area contributed by atoms with Gasteiger partial charge in [-0.15, -0.1) is 0 Å². The van der Waals surface area contributed by atoms with Gasteiger partial charge in [0.05, 0.1) is 11.9 Å². The topological polar surface area (TPSA) is 48.5 Å². The molecule has 2 aromatic rings. The Hall–Kier alpha value is -2.34. The Bertz CT molecular complexity index is 704. The standard InChI is InChI=1S/C16H16ClFN4O/c17-12-2-1-3-13(10-12)21-6-8-22(9-7-21)16(23)20-15-4-5-19-11-14(15)18/h1-5,10-11H,6-9H2,(H,19,20,23). The van der Waals surface area contributed by atoms with Crippen molar-refractivity contribution in [1.29, 1.82) is 0 Å². The van der Waals surface area contributed by atoms with Gasteiger partial charge >= 0.3 is 6.03 Å². The second-order valence-electron chi connectivity index (χ2n) is 5.24. The van der Waals surface area contributed by atoms with Crippen molar-refractivity contribution in [3.63, 3.8) is 0 Å². The maximum atomic E-state index is 13.5. The molecule has 1 aliphatic rings. The second kappa shape index (κ2) is 6.83. The maximum absolute atomic E-state index is 13.5. The third-order valence-corrected chi connectivity index (χ3v) is 3.99. The van der Waals surface area contributed by atoms with Crippen LogP contribution >= 0.6 is 11.6 Å². The Morgan fingerprint density at radius 2 is 2.00 bits per heavy atom. The summed E-state index contributed by atoms with van der Waals surface area (Å²) in [5.41, 5.74) is 1.18. The van der Waals surface area contributed by atoms with Gasteiger partial charge in [-0.1, -0.05) is 17.7 Å². The third-order valence-electron chi connectivity index (χ3n) is 3.75. The Labute approximate surface area is 138 Å². The van der Waals surface area contributed by atoms with Crippen LogP contribution in [0.3, 0.4) is 0 Å². The fourth-order valence-corrected chi connectivity index (χ4v) is 2.70. The summed E-state index contributed by atoms with van der Waals surface area (Å²) in [6.07, 6.45) is 2.52. The van der Waals surface area contributed by atoms with Gasteiger partial charge in [0, 0.05) is 43.1 Å². The molecule has 1 saturated heterocycles. The Kier molecular flexibility index (Phi) is 4.62. The summed E-state index contributed by atoms with van der Waals surface area (Å²) in [4.78, 5) is 19.7. The smallest absolute Gasteiger partial charge is 0.322 e. The first kappa shape index (κ1) is 15.6. The van der Waals surface area contributed by atoms with Gasteiger partial charge < -0.3 is 15.1 Å². The van der Waals surface area contributed by atoms with Gasteiger partial charge in [-0.2, -0.15) is 0 Å². The minimum absolute atomic E-state index is 0.141. The zero-order valence-electron chi connectivity index (χ0n) is 12.4. The lowest BCUT2D eigenvalue weighted by Crippen LogP contribution is -2.50. The number of carbonyl (C=O) groups is 1. The van der Waals surface area contributed by atoms with E-state index in [1.807, 2.05) is 24.3 Å². The van der Waals surface area contributed by atoms with Crippen LogP contribution in [0.5, 0.6) is 0 Å². The molecule has 7 heteroatoms. The van der Waals surface area contributed by atoms with Gasteiger partial charge in [-0.3, -0.25) is 4.98 Å². The molecule has 0 saturated carbocycles. The molecule has 5 nitrogen and oxygen atoms in total. The number of rotatable bonds is 2. The first-order valence-corrected chi connectivity index (χ1v) is 7.67. The van der Waals surface area contributed by atoms with Crippen molar-refractivity contribution in [3.8, 4) is 0 Å². The molecule has 1 aromatic heterocycles. The SMILES string of the molecule is O=C(Nc1ccncc1F)N1CCN(c2cccc(Cl)c2)CC1. The third kappa shape index (κ3) is 3.71. The van der Waals surface area contributed by atoms with E-state index in [4.69, 9.17) is 11.6 Å². The first-order chi connectivity index (χ1) is 11.1. The van der Waals surface area contributed by atoms with Crippen molar-refractivity contribution >= 4 is 29.0 Å². The molecule has 0 unspecified atom stereocenters. The van der Waals surface area contributed by atoms with E-state index in [1.165, 1.54) is 12.3 Å². The number of amides is 2. The van der Waals surface area contributed by atoms with Crippen LogP contribution in [0.15, 0.2) is 42.7 Å². The number of halogens is 2. The van der Waals surface area contributed by atoms with Gasteiger partial charge in [0.15, 0.2) is 5.82 Å². The van der Waals surface area contributed by atoms with Crippen LogP contribution in [0, 0.1) is 5.82 Å². The van der Waals surface area contributed by atoms with Crippen molar-refractivity contribution in [2.75, 3.05) is 36.4 Å². The number of benzene rings is 1. The van der Waals surface area contributed by atoms with Gasteiger partial charge in [0.1, 0.15) is 0 Å². The van der Waals surface area contributed by atoms with Crippen molar-refractivity contribution < 1.29 is 9.18 Å². The van der Waals surface area contributed by atoms with Crippen LogP contribution in [-0.2, 0) is 0 Å². The van der Waals surface area contributed by atoms with E-state index in [0.29, 0.717) is 31.2 Å². The minimum atomic E-state index is -0.543. The number of hydrogen-bond acceptors (Lipinski definition) is 3. The second-order valence-corrected chi connectivity index (χ2v) is 5.68. The molecule has 23 heavy (non-hydrogen) atoms. The van der Waals surface area contributed by atoms with Crippen LogP contribution in [0.25, 0.3) is 0 Å². The van der Waals surface area contributed by atoms with Crippen molar-refractivity contribution in [2.45, 2.75) is 0 Å². The highest BCUT2D eigenvalue weighted by molar-refractivity contribution is 6.30. The summed E-state index contributed by atoms with van der Waals surface area (Å²) < 4.78 is 13.5. The van der Waals surface area contributed by atoms with Crippen LogP contribution in [0.1, 0.15) is 0 Å². The zero-order valence-corrected chi connectivity index (χ0v) is 13.1. The van der Waals surface area contributed by atoms with Crippen LogP contribution < -0.4 is 10.2 Å². The summed E-state index contributed by atoms with van der Waals surface area (Å²) in [6.45, 7) is 2.52. The van der Waals surface area contributed by atoms with Crippen molar-refractivity contribution in [2.24, 2.45) is 0 Å². The zero-order chi connectivity index (χ0) is 16.2. The molecular weight excluding hydrogens is 319 g/mol. The van der Waals surface area contributed by atoms with Crippen molar-refractivity contribution in [1.82, 2.24) is 9.88 Å². The molecule has 2 amide bonds. The molecule has 0 spiro atoms. The molecule has 0 aliphatic carbocycles. The van der Waals surface area contributed by atoms with Crippen molar-refractivity contribution in [3.05, 3.63) is 53.6 Å². The highest BCUT2D eigenvalue weighted by Gasteiger charge is 2.22. The summed E-state index contributed by atoms with van der Waals surface area (Å²) in [5, 5.41) is 3.27. The van der Waals surface area contributed by atoms with Gasteiger partial charge in [0.25, 0.3) is 0 Å². The quantitative estimate of drug-likeness (QED) is 0.917. The van der Waals surface area contributed by atoms with E-state index in [-0.39, 0.29) is 11.7 Å². The molecule has 1 aromatic carbocycles. The largest absolute Gasteiger partial charge is 0.368 e. The number of urea groups is 1. The highest BCUT2D eigenvalue weighted by atomic mass is 35.5.